The summed E-state index contributed by atoms with van der Waals surface area (Å²) in [6.45, 7) is 8.88. The molecule has 76 valence electrons. The molecule has 0 heterocycles. The molecule has 0 spiro atoms. The van der Waals surface area contributed by atoms with Crippen LogP contribution in [0.3, 0.4) is 0 Å². The lowest BCUT2D eigenvalue weighted by Crippen LogP contribution is -2.16. The molecule has 0 N–H and O–H groups in total. The van der Waals surface area contributed by atoms with Crippen molar-refractivity contribution in [3.63, 3.8) is 0 Å². The summed E-state index contributed by atoms with van der Waals surface area (Å²) in [6, 6.07) is 0. The molecule has 0 aromatic rings. The lowest BCUT2D eigenvalue weighted by atomic mass is 10.8. The highest BCUT2D eigenvalue weighted by Gasteiger charge is 2.23. The quantitative estimate of drug-likeness (QED) is 0.709. The van der Waals surface area contributed by atoms with Crippen LogP contribution in [0.4, 0.5) is 0 Å². The van der Waals surface area contributed by atoms with Crippen LogP contribution in [-0.4, -0.2) is 21.9 Å². The Balaban J connectivity index is 5.08. The van der Waals surface area contributed by atoms with Gasteiger partial charge in [0.15, 0.2) is 24.8 Å². The van der Waals surface area contributed by atoms with Gasteiger partial charge >= 0.3 is 0 Å². The molecule has 0 aromatic heterocycles. The Kier molecular flexibility index (Phi) is 3.46. The first-order valence-electron chi connectivity index (χ1n) is 3.36. The predicted molar refractivity (Wildman–Crippen MR) is 52.3 cm³/mol. The van der Waals surface area contributed by atoms with Gasteiger partial charge in [0.2, 0.25) is 0 Å². The molecule has 0 radical (unpaired) electrons. The van der Waals surface area contributed by atoms with E-state index in [4.69, 9.17) is 0 Å². The Bertz CT molecular complexity index is 383. The highest BCUT2D eigenvalue weighted by molar-refractivity contribution is 8.11. The van der Waals surface area contributed by atoms with Gasteiger partial charge in [-0.1, -0.05) is 13.2 Å². The van der Waals surface area contributed by atoms with Gasteiger partial charge in [0.1, 0.15) is 0 Å². The van der Waals surface area contributed by atoms with Crippen molar-refractivity contribution < 1.29 is 16.8 Å². The van der Waals surface area contributed by atoms with Crippen molar-refractivity contribution in [3.05, 3.63) is 23.0 Å². The van der Waals surface area contributed by atoms with Crippen molar-refractivity contribution in [2.45, 2.75) is 13.8 Å². The summed E-state index contributed by atoms with van der Waals surface area (Å²) < 4.78 is 44.5. The average Bonchev–Trinajstić information content (AvgIpc) is 1.83. The van der Waals surface area contributed by atoms with Gasteiger partial charge in [-0.2, -0.15) is 0 Å². The predicted octanol–water partition coefficient (Wildman–Crippen LogP) is 0.841. The summed E-state index contributed by atoms with van der Waals surface area (Å²) in [5.74, 6) is 0. The van der Waals surface area contributed by atoms with Gasteiger partial charge in [0.25, 0.3) is 0 Å². The first-order chi connectivity index (χ1) is 5.59. The SMILES string of the molecule is C=C(C)S(=O)(=O)CS(=O)(=O)C(=C)C. The monoisotopic (exact) mass is 224 g/mol. The molecule has 0 fully saturated rings. The van der Waals surface area contributed by atoms with Crippen molar-refractivity contribution in [2.75, 3.05) is 5.08 Å². The minimum absolute atomic E-state index is 0.155. The van der Waals surface area contributed by atoms with E-state index in [1.165, 1.54) is 13.8 Å². The first kappa shape index (κ1) is 12.4. The van der Waals surface area contributed by atoms with Crippen LogP contribution in [0.2, 0.25) is 0 Å². The first-order valence-corrected chi connectivity index (χ1v) is 6.66. The maximum Gasteiger partial charge on any atom is 0.188 e. The Morgan fingerprint density at radius 3 is 1.31 bits per heavy atom. The summed E-state index contributed by atoms with van der Waals surface area (Å²) in [5.41, 5.74) is 0. The van der Waals surface area contributed by atoms with Crippen LogP contribution in [0.1, 0.15) is 13.8 Å². The molecule has 0 saturated carbocycles. The van der Waals surface area contributed by atoms with Crippen molar-refractivity contribution in [1.29, 1.82) is 0 Å². The van der Waals surface area contributed by atoms with Gasteiger partial charge in [-0.3, -0.25) is 0 Å². The van der Waals surface area contributed by atoms with E-state index >= 15 is 0 Å². The van der Waals surface area contributed by atoms with Crippen LogP contribution in [0.15, 0.2) is 23.0 Å². The third kappa shape index (κ3) is 3.31. The van der Waals surface area contributed by atoms with E-state index in [-0.39, 0.29) is 9.81 Å². The van der Waals surface area contributed by atoms with E-state index in [1.807, 2.05) is 0 Å². The maximum absolute atomic E-state index is 11.1. The topological polar surface area (TPSA) is 68.3 Å². The molecule has 0 aliphatic rings. The molecule has 4 nitrogen and oxygen atoms in total. The van der Waals surface area contributed by atoms with Crippen LogP contribution < -0.4 is 0 Å². The third-order valence-corrected chi connectivity index (χ3v) is 5.98. The fraction of sp³-hybridized carbons (Fsp3) is 0.429. The smallest absolute Gasteiger partial charge is 0.188 e. The van der Waals surface area contributed by atoms with Crippen LogP contribution in [0.5, 0.6) is 0 Å². The molecule has 0 rings (SSSR count). The van der Waals surface area contributed by atoms with Gasteiger partial charge in [-0.25, -0.2) is 16.8 Å². The minimum Gasteiger partial charge on any atom is -0.223 e. The lowest BCUT2D eigenvalue weighted by Gasteiger charge is -2.03. The Labute approximate surface area is 78.8 Å². The van der Waals surface area contributed by atoms with E-state index in [2.05, 4.69) is 13.2 Å². The summed E-state index contributed by atoms with van der Waals surface area (Å²) in [4.78, 5) is -0.311. The van der Waals surface area contributed by atoms with Crippen molar-refractivity contribution in [3.8, 4) is 0 Å². The molecule has 0 aliphatic carbocycles. The molecule has 0 aliphatic heterocycles. The van der Waals surface area contributed by atoms with Gasteiger partial charge in [-0.15, -0.1) is 0 Å². The highest BCUT2D eigenvalue weighted by atomic mass is 32.3. The van der Waals surface area contributed by atoms with Gasteiger partial charge in [0.05, 0.1) is 0 Å². The Morgan fingerprint density at radius 1 is 0.923 bits per heavy atom. The molecule has 0 amide bonds. The molecule has 13 heavy (non-hydrogen) atoms. The zero-order valence-corrected chi connectivity index (χ0v) is 9.20. The fourth-order valence-corrected chi connectivity index (χ4v) is 3.65. The Morgan fingerprint density at radius 2 is 1.15 bits per heavy atom. The lowest BCUT2D eigenvalue weighted by molar-refractivity contribution is 0.595. The highest BCUT2D eigenvalue weighted by Crippen LogP contribution is 2.12. The molecular weight excluding hydrogens is 212 g/mol. The molecule has 0 aromatic carbocycles. The summed E-state index contributed by atoms with van der Waals surface area (Å²) in [5, 5.41) is -0.940. The second-order valence-corrected chi connectivity index (χ2v) is 7.55. The summed E-state index contributed by atoms with van der Waals surface area (Å²) in [7, 11) is -7.49. The molecule has 6 heteroatoms. The molecule has 0 atom stereocenters. The second kappa shape index (κ2) is 3.63. The number of hydrogen-bond acceptors (Lipinski definition) is 4. The largest absolute Gasteiger partial charge is 0.223 e. The molecule has 0 saturated heterocycles. The van der Waals surface area contributed by atoms with Crippen LogP contribution in [0.25, 0.3) is 0 Å². The number of hydrogen-bond donors (Lipinski definition) is 0. The second-order valence-electron chi connectivity index (χ2n) is 2.75. The van der Waals surface area contributed by atoms with Crippen molar-refractivity contribution in [1.82, 2.24) is 0 Å². The van der Waals surface area contributed by atoms with E-state index in [0.29, 0.717) is 0 Å². The minimum atomic E-state index is -3.74. The van der Waals surface area contributed by atoms with E-state index in [9.17, 15) is 16.8 Å². The Hall–Kier alpha value is -0.620. The molecular formula is C7H12O4S2. The number of sulfone groups is 2. The normalized spacial score (nSPS) is 12.5. The standard InChI is InChI=1S/C7H12O4S2/c1-6(2)12(8,9)5-13(10,11)7(3)4/h1,3,5H2,2,4H3. The number of allylic oxidation sites excluding steroid dienone is 2. The van der Waals surface area contributed by atoms with Crippen LogP contribution >= 0.6 is 0 Å². The fourth-order valence-electron chi connectivity index (χ4n) is 0.405. The van der Waals surface area contributed by atoms with Gasteiger partial charge < -0.3 is 0 Å². The average molecular weight is 224 g/mol. The number of rotatable bonds is 4. The van der Waals surface area contributed by atoms with Gasteiger partial charge in [0, 0.05) is 9.81 Å². The van der Waals surface area contributed by atoms with Crippen molar-refractivity contribution in [2.24, 2.45) is 0 Å². The van der Waals surface area contributed by atoms with Gasteiger partial charge in [-0.05, 0) is 13.8 Å². The van der Waals surface area contributed by atoms with Crippen LogP contribution in [-0.2, 0) is 19.7 Å². The zero-order valence-electron chi connectivity index (χ0n) is 7.57. The summed E-state index contributed by atoms with van der Waals surface area (Å²) >= 11 is 0. The summed E-state index contributed by atoms with van der Waals surface area (Å²) in [6.07, 6.45) is 0. The van der Waals surface area contributed by atoms with Crippen molar-refractivity contribution >= 4 is 19.7 Å². The zero-order chi connectivity index (χ0) is 10.9. The molecule has 0 bridgehead atoms. The molecule has 0 unspecified atom stereocenters. The van der Waals surface area contributed by atoms with E-state index in [0.717, 1.165) is 0 Å². The van der Waals surface area contributed by atoms with E-state index in [1.54, 1.807) is 0 Å². The van der Waals surface area contributed by atoms with Crippen LogP contribution in [0, 0.1) is 0 Å². The third-order valence-electron chi connectivity index (χ3n) is 1.37. The maximum atomic E-state index is 11.1. The van der Waals surface area contributed by atoms with E-state index < -0.39 is 24.8 Å².